The van der Waals surface area contributed by atoms with Crippen molar-refractivity contribution in [1.82, 2.24) is 4.90 Å². The maximum Gasteiger partial charge on any atom is 0.0580 e. The Labute approximate surface area is 100 Å². The molecule has 16 heavy (non-hydrogen) atoms. The van der Waals surface area contributed by atoms with E-state index in [-0.39, 0.29) is 6.10 Å². The molecule has 2 aliphatic rings. The van der Waals surface area contributed by atoms with Crippen LogP contribution in [0.3, 0.4) is 0 Å². The van der Waals surface area contributed by atoms with E-state index in [4.69, 9.17) is 0 Å². The molecule has 2 unspecified atom stereocenters. The van der Waals surface area contributed by atoms with E-state index >= 15 is 0 Å². The standard InChI is InChI=1S/C14H27NO/c1-14(2)8-9-15(11-14)10-12-6-4-3-5-7-13(12)16/h12-13,16H,3-11H2,1-2H3. The lowest BCUT2D eigenvalue weighted by molar-refractivity contribution is 0.0769. The van der Waals surface area contributed by atoms with Gasteiger partial charge in [-0.15, -0.1) is 0 Å². The second kappa shape index (κ2) is 5.05. The largest absolute Gasteiger partial charge is 0.393 e. The first kappa shape index (κ1) is 12.4. The minimum atomic E-state index is -0.0359. The number of likely N-dealkylation sites (tertiary alicyclic amines) is 1. The lowest BCUT2D eigenvalue weighted by Gasteiger charge is -2.27. The van der Waals surface area contributed by atoms with Crippen LogP contribution in [0.15, 0.2) is 0 Å². The molecule has 2 nitrogen and oxygen atoms in total. The van der Waals surface area contributed by atoms with Crippen molar-refractivity contribution in [3.8, 4) is 0 Å². The van der Waals surface area contributed by atoms with Crippen LogP contribution in [-0.2, 0) is 0 Å². The zero-order valence-electron chi connectivity index (χ0n) is 10.9. The molecule has 1 aliphatic heterocycles. The van der Waals surface area contributed by atoms with E-state index in [9.17, 15) is 5.11 Å². The second-order valence-corrected chi connectivity index (χ2v) is 6.61. The molecule has 1 heterocycles. The van der Waals surface area contributed by atoms with Crippen LogP contribution in [0.1, 0.15) is 52.4 Å². The van der Waals surface area contributed by atoms with Crippen LogP contribution in [0.5, 0.6) is 0 Å². The molecule has 2 heteroatoms. The Morgan fingerprint density at radius 1 is 1.19 bits per heavy atom. The van der Waals surface area contributed by atoms with Crippen molar-refractivity contribution in [1.29, 1.82) is 0 Å². The molecule has 2 rings (SSSR count). The smallest absolute Gasteiger partial charge is 0.0580 e. The van der Waals surface area contributed by atoms with Gasteiger partial charge in [0.2, 0.25) is 0 Å². The van der Waals surface area contributed by atoms with Crippen LogP contribution < -0.4 is 0 Å². The van der Waals surface area contributed by atoms with Gasteiger partial charge in [-0.3, -0.25) is 0 Å². The lowest BCUT2D eigenvalue weighted by atomic mass is 9.93. The Balaban J connectivity index is 1.84. The monoisotopic (exact) mass is 225 g/mol. The number of hydrogen-bond acceptors (Lipinski definition) is 2. The number of nitrogens with zero attached hydrogens (tertiary/aromatic N) is 1. The van der Waals surface area contributed by atoms with Crippen LogP contribution in [-0.4, -0.2) is 35.7 Å². The van der Waals surface area contributed by atoms with Crippen molar-refractivity contribution in [2.45, 2.75) is 58.5 Å². The summed E-state index contributed by atoms with van der Waals surface area (Å²) in [7, 11) is 0. The third kappa shape index (κ3) is 3.21. The SMILES string of the molecule is CC1(C)CCN(CC2CCCCCC2O)C1. The number of hydrogen-bond donors (Lipinski definition) is 1. The predicted molar refractivity (Wildman–Crippen MR) is 67.4 cm³/mol. The van der Waals surface area contributed by atoms with E-state index < -0.39 is 0 Å². The normalized spacial score (nSPS) is 36.2. The number of rotatable bonds is 2. The van der Waals surface area contributed by atoms with Crippen molar-refractivity contribution in [3.05, 3.63) is 0 Å². The highest BCUT2D eigenvalue weighted by Gasteiger charge is 2.32. The van der Waals surface area contributed by atoms with Crippen molar-refractivity contribution in [2.75, 3.05) is 19.6 Å². The maximum atomic E-state index is 10.1. The average molecular weight is 225 g/mol. The summed E-state index contributed by atoms with van der Waals surface area (Å²) >= 11 is 0. The topological polar surface area (TPSA) is 23.5 Å². The zero-order chi connectivity index (χ0) is 11.6. The highest BCUT2D eigenvalue weighted by Crippen LogP contribution is 2.31. The molecule has 1 N–H and O–H groups in total. The summed E-state index contributed by atoms with van der Waals surface area (Å²) in [5.74, 6) is 0.538. The summed E-state index contributed by atoms with van der Waals surface area (Å²) in [6.45, 7) is 8.30. The van der Waals surface area contributed by atoms with Gasteiger partial charge in [0, 0.05) is 13.1 Å². The van der Waals surface area contributed by atoms with Gasteiger partial charge in [-0.05, 0) is 37.1 Å². The van der Waals surface area contributed by atoms with E-state index in [1.807, 2.05) is 0 Å². The first-order chi connectivity index (χ1) is 7.57. The molecule has 2 atom stereocenters. The van der Waals surface area contributed by atoms with Gasteiger partial charge in [0.25, 0.3) is 0 Å². The molecule has 0 amide bonds. The Hall–Kier alpha value is -0.0800. The molecule has 1 saturated carbocycles. The highest BCUT2D eigenvalue weighted by molar-refractivity contribution is 4.85. The van der Waals surface area contributed by atoms with Crippen molar-refractivity contribution < 1.29 is 5.11 Å². The molecule has 0 aromatic rings. The fourth-order valence-corrected chi connectivity index (χ4v) is 3.29. The Kier molecular flexibility index (Phi) is 3.91. The van der Waals surface area contributed by atoms with E-state index in [1.165, 1.54) is 45.2 Å². The molecule has 1 saturated heterocycles. The first-order valence-corrected chi connectivity index (χ1v) is 6.97. The summed E-state index contributed by atoms with van der Waals surface area (Å²) in [4.78, 5) is 2.57. The van der Waals surface area contributed by atoms with Crippen LogP contribution in [0.25, 0.3) is 0 Å². The summed E-state index contributed by atoms with van der Waals surface area (Å²) in [6, 6.07) is 0. The van der Waals surface area contributed by atoms with E-state index in [0.29, 0.717) is 11.3 Å². The Bertz CT molecular complexity index is 227. The van der Waals surface area contributed by atoms with Gasteiger partial charge in [0.1, 0.15) is 0 Å². The minimum absolute atomic E-state index is 0.0359. The van der Waals surface area contributed by atoms with E-state index in [0.717, 1.165) is 13.0 Å². The molecule has 0 bridgehead atoms. The third-order valence-electron chi connectivity index (χ3n) is 4.37. The molecule has 0 aromatic heterocycles. The fourth-order valence-electron chi connectivity index (χ4n) is 3.29. The summed E-state index contributed by atoms with van der Waals surface area (Å²) < 4.78 is 0. The van der Waals surface area contributed by atoms with Crippen LogP contribution >= 0.6 is 0 Å². The highest BCUT2D eigenvalue weighted by atomic mass is 16.3. The van der Waals surface area contributed by atoms with Gasteiger partial charge in [-0.2, -0.15) is 0 Å². The maximum absolute atomic E-state index is 10.1. The Morgan fingerprint density at radius 2 is 1.94 bits per heavy atom. The third-order valence-corrected chi connectivity index (χ3v) is 4.37. The van der Waals surface area contributed by atoms with Gasteiger partial charge in [0.05, 0.1) is 6.10 Å². The van der Waals surface area contributed by atoms with Gasteiger partial charge < -0.3 is 10.0 Å². The summed E-state index contributed by atoms with van der Waals surface area (Å²) in [6.07, 6.45) is 7.41. The first-order valence-electron chi connectivity index (χ1n) is 6.97. The quantitative estimate of drug-likeness (QED) is 0.730. The van der Waals surface area contributed by atoms with Crippen molar-refractivity contribution >= 4 is 0 Å². The molecule has 0 aromatic carbocycles. The second-order valence-electron chi connectivity index (χ2n) is 6.61. The molecular formula is C14H27NO. The minimum Gasteiger partial charge on any atom is -0.393 e. The lowest BCUT2D eigenvalue weighted by Crippen LogP contribution is -2.34. The molecule has 94 valence electrons. The van der Waals surface area contributed by atoms with Gasteiger partial charge in [-0.25, -0.2) is 0 Å². The molecule has 1 aliphatic carbocycles. The molecular weight excluding hydrogens is 198 g/mol. The molecule has 2 fully saturated rings. The summed E-state index contributed by atoms with van der Waals surface area (Å²) in [5, 5.41) is 10.1. The number of aliphatic hydroxyl groups excluding tert-OH is 1. The van der Waals surface area contributed by atoms with Crippen molar-refractivity contribution in [3.63, 3.8) is 0 Å². The Morgan fingerprint density at radius 3 is 2.62 bits per heavy atom. The van der Waals surface area contributed by atoms with E-state index in [2.05, 4.69) is 18.7 Å². The average Bonchev–Trinajstić information content (AvgIpc) is 2.41. The molecule has 0 radical (unpaired) electrons. The molecule has 0 spiro atoms. The number of aliphatic hydroxyl groups is 1. The fraction of sp³-hybridized carbons (Fsp3) is 1.00. The van der Waals surface area contributed by atoms with Crippen LogP contribution in [0.2, 0.25) is 0 Å². The van der Waals surface area contributed by atoms with Crippen molar-refractivity contribution in [2.24, 2.45) is 11.3 Å². The van der Waals surface area contributed by atoms with Crippen LogP contribution in [0.4, 0.5) is 0 Å². The van der Waals surface area contributed by atoms with Gasteiger partial charge in [-0.1, -0.05) is 33.1 Å². The zero-order valence-corrected chi connectivity index (χ0v) is 10.9. The predicted octanol–water partition coefficient (Wildman–Crippen LogP) is 2.66. The van der Waals surface area contributed by atoms with Crippen LogP contribution in [0, 0.1) is 11.3 Å². The summed E-state index contributed by atoms with van der Waals surface area (Å²) in [5.41, 5.74) is 0.496. The van der Waals surface area contributed by atoms with E-state index in [1.54, 1.807) is 0 Å². The van der Waals surface area contributed by atoms with Gasteiger partial charge >= 0.3 is 0 Å². The van der Waals surface area contributed by atoms with Gasteiger partial charge in [0.15, 0.2) is 0 Å².